The average Bonchev–Trinajstić information content (AvgIpc) is 2.63. The lowest BCUT2D eigenvalue weighted by Gasteiger charge is -2.26. The second kappa shape index (κ2) is 5.92. The van der Waals surface area contributed by atoms with Crippen LogP contribution in [-0.4, -0.2) is 41.3 Å². The number of nitrogens with one attached hydrogen (secondary N) is 2. The Bertz CT molecular complexity index is 394. The first-order valence-corrected chi connectivity index (χ1v) is 6.49. The molecule has 0 spiro atoms. The summed E-state index contributed by atoms with van der Waals surface area (Å²) in [5.41, 5.74) is -0.342. The Labute approximate surface area is 110 Å². The molecule has 1 aliphatic rings. The van der Waals surface area contributed by atoms with E-state index in [1.807, 2.05) is 7.05 Å². The largest absolute Gasteiger partial charge is 0.435 e. The van der Waals surface area contributed by atoms with E-state index in [9.17, 15) is 13.2 Å². The molecule has 4 nitrogen and oxygen atoms in total. The van der Waals surface area contributed by atoms with Gasteiger partial charge in [0.05, 0.1) is 0 Å². The molecule has 0 bridgehead atoms. The zero-order valence-corrected chi connectivity index (χ0v) is 10.9. The molecule has 1 aromatic rings. The second-order valence-electron chi connectivity index (χ2n) is 5.03. The Hall–Kier alpha value is -1.08. The van der Waals surface area contributed by atoms with Crippen molar-refractivity contribution < 1.29 is 13.2 Å². The molecule has 108 valence electrons. The van der Waals surface area contributed by atoms with E-state index in [1.54, 1.807) is 0 Å². The standard InChI is InChI=1S/C12H19F3N4/c1-19(10-3-2-5-16-6-4-10)8-9-7-11(18-17-9)12(13,14)15/h7,10,16H,2-6,8H2,1H3,(H,17,18). The molecule has 2 heterocycles. The summed E-state index contributed by atoms with van der Waals surface area (Å²) in [6.45, 7) is 2.45. The summed E-state index contributed by atoms with van der Waals surface area (Å²) in [4.78, 5) is 2.10. The number of aromatic nitrogens is 2. The lowest BCUT2D eigenvalue weighted by molar-refractivity contribution is -0.141. The van der Waals surface area contributed by atoms with Crippen LogP contribution in [0.2, 0.25) is 0 Å². The second-order valence-corrected chi connectivity index (χ2v) is 5.03. The molecule has 1 unspecified atom stereocenters. The van der Waals surface area contributed by atoms with Gasteiger partial charge in [0, 0.05) is 18.3 Å². The molecule has 1 atom stereocenters. The third kappa shape index (κ3) is 3.94. The highest BCUT2D eigenvalue weighted by Crippen LogP contribution is 2.28. The van der Waals surface area contributed by atoms with Crippen LogP contribution in [0.25, 0.3) is 0 Å². The highest BCUT2D eigenvalue weighted by Gasteiger charge is 2.34. The minimum absolute atomic E-state index is 0.410. The summed E-state index contributed by atoms with van der Waals surface area (Å²) in [6.07, 6.45) is -1.17. The molecule has 7 heteroatoms. The first kappa shape index (κ1) is 14.3. The van der Waals surface area contributed by atoms with Gasteiger partial charge in [-0.2, -0.15) is 18.3 Å². The van der Waals surface area contributed by atoms with Gasteiger partial charge < -0.3 is 5.32 Å². The van der Waals surface area contributed by atoms with Crippen molar-refractivity contribution in [3.8, 4) is 0 Å². The van der Waals surface area contributed by atoms with Crippen LogP contribution >= 0.6 is 0 Å². The van der Waals surface area contributed by atoms with E-state index in [0.29, 0.717) is 18.3 Å². The molecule has 0 radical (unpaired) electrons. The molecular formula is C12H19F3N4. The Kier molecular flexibility index (Phi) is 4.46. The number of rotatable bonds is 3. The van der Waals surface area contributed by atoms with Crippen molar-refractivity contribution in [2.75, 3.05) is 20.1 Å². The number of aromatic amines is 1. The van der Waals surface area contributed by atoms with Crippen molar-refractivity contribution in [1.82, 2.24) is 20.4 Å². The fourth-order valence-corrected chi connectivity index (χ4v) is 2.43. The maximum atomic E-state index is 12.4. The molecule has 2 N–H and O–H groups in total. The highest BCUT2D eigenvalue weighted by molar-refractivity contribution is 5.11. The Balaban J connectivity index is 1.94. The van der Waals surface area contributed by atoms with E-state index in [-0.39, 0.29) is 0 Å². The van der Waals surface area contributed by atoms with Crippen LogP contribution < -0.4 is 5.32 Å². The quantitative estimate of drug-likeness (QED) is 0.887. The Morgan fingerprint density at radius 1 is 1.37 bits per heavy atom. The van der Waals surface area contributed by atoms with Crippen LogP contribution in [0.1, 0.15) is 30.7 Å². The number of nitrogens with zero attached hydrogens (tertiary/aromatic N) is 2. The van der Waals surface area contributed by atoms with Crippen LogP contribution in [0, 0.1) is 0 Å². The Morgan fingerprint density at radius 3 is 2.84 bits per heavy atom. The molecule has 19 heavy (non-hydrogen) atoms. The summed E-state index contributed by atoms with van der Waals surface area (Å²) >= 11 is 0. The van der Waals surface area contributed by atoms with Crippen molar-refractivity contribution in [3.05, 3.63) is 17.5 Å². The molecule has 0 aromatic carbocycles. The van der Waals surface area contributed by atoms with Crippen molar-refractivity contribution in [2.45, 2.75) is 38.0 Å². The first-order chi connectivity index (χ1) is 8.97. The van der Waals surface area contributed by atoms with Crippen LogP contribution in [0.5, 0.6) is 0 Å². The van der Waals surface area contributed by atoms with Gasteiger partial charge in [0.2, 0.25) is 0 Å². The fraction of sp³-hybridized carbons (Fsp3) is 0.750. The zero-order chi connectivity index (χ0) is 13.9. The summed E-state index contributed by atoms with van der Waals surface area (Å²) in [5, 5.41) is 9.11. The number of alkyl halides is 3. The molecule has 0 amide bonds. The summed E-state index contributed by atoms with van der Waals surface area (Å²) in [5.74, 6) is 0. The van der Waals surface area contributed by atoms with Crippen molar-refractivity contribution in [2.24, 2.45) is 0 Å². The van der Waals surface area contributed by atoms with Crippen LogP contribution in [0.3, 0.4) is 0 Å². The van der Waals surface area contributed by atoms with Gasteiger partial charge in [-0.15, -0.1) is 0 Å². The monoisotopic (exact) mass is 276 g/mol. The average molecular weight is 276 g/mol. The predicted octanol–water partition coefficient (Wildman–Crippen LogP) is 2.00. The van der Waals surface area contributed by atoms with Gasteiger partial charge in [-0.05, 0) is 45.5 Å². The minimum Gasteiger partial charge on any atom is -0.317 e. The van der Waals surface area contributed by atoms with Crippen LogP contribution in [0.15, 0.2) is 6.07 Å². The molecule has 2 rings (SSSR count). The predicted molar refractivity (Wildman–Crippen MR) is 65.6 cm³/mol. The smallest absolute Gasteiger partial charge is 0.317 e. The van der Waals surface area contributed by atoms with E-state index in [4.69, 9.17) is 0 Å². The molecule has 1 aromatic heterocycles. The maximum absolute atomic E-state index is 12.4. The summed E-state index contributed by atoms with van der Waals surface area (Å²) < 4.78 is 37.3. The minimum atomic E-state index is -4.38. The van der Waals surface area contributed by atoms with Crippen LogP contribution in [0.4, 0.5) is 13.2 Å². The topological polar surface area (TPSA) is 44.0 Å². The molecule has 1 aliphatic heterocycles. The van der Waals surface area contributed by atoms with Crippen molar-refractivity contribution >= 4 is 0 Å². The molecular weight excluding hydrogens is 257 g/mol. The van der Waals surface area contributed by atoms with E-state index in [2.05, 4.69) is 20.4 Å². The molecule has 1 saturated heterocycles. The van der Waals surface area contributed by atoms with Gasteiger partial charge in [-0.3, -0.25) is 10.00 Å². The number of hydrogen-bond acceptors (Lipinski definition) is 3. The van der Waals surface area contributed by atoms with Gasteiger partial charge >= 0.3 is 6.18 Å². The third-order valence-electron chi connectivity index (χ3n) is 3.51. The zero-order valence-electron chi connectivity index (χ0n) is 10.9. The lowest BCUT2D eigenvalue weighted by Crippen LogP contribution is -2.32. The number of halogens is 3. The summed E-state index contributed by atoms with van der Waals surface area (Å²) in [7, 11) is 1.95. The van der Waals surface area contributed by atoms with Gasteiger partial charge in [0.1, 0.15) is 0 Å². The third-order valence-corrected chi connectivity index (χ3v) is 3.51. The van der Waals surface area contributed by atoms with Gasteiger partial charge in [0.25, 0.3) is 0 Å². The van der Waals surface area contributed by atoms with Gasteiger partial charge in [0.15, 0.2) is 5.69 Å². The number of H-pyrrole nitrogens is 1. The first-order valence-electron chi connectivity index (χ1n) is 6.49. The van der Waals surface area contributed by atoms with E-state index in [0.717, 1.165) is 38.4 Å². The highest BCUT2D eigenvalue weighted by atomic mass is 19.4. The molecule has 0 saturated carbocycles. The number of hydrogen-bond donors (Lipinski definition) is 2. The van der Waals surface area contributed by atoms with Crippen molar-refractivity contribution in [1.29, 1.82) is 0 Å². The van der Waals surface area contributed by atoms with E-state index >= 15 is 0 Å². The SMILES string of the molecule is CN(Cc1cc(C(F)(F)F)n[nH]1)C1CCCNCC1. The van der Waals surface area contributed by atoms with Gasteiger partial charge in [-0.25, -0.2) is 0 Å². The fourth-order valence-electron chi connectivity index (χ4n) is 2.43. The Morgan fingerprint density at radius 2 is 2.16 bits per heavy atom. The van der Waals surface area contributed by atoms with Crippen LogP contribution in [-0.2, 0) is 12.7 Å². The summed E-state index contributed by atoms with van der Waals surface area (Å²) in [6, 6.07) is 1.50. The maximum Gasteiger partial charge on any atom is 0.435 e. The van der Waals surface area contributed by atoms with Crippen molar-refractivity contribution in [3.63, 3.8) is 0 Å². The molecule has 1 fully saturated rings. The lowest BCUT2D eigenvalue weighted by atomic mass is 10.1. The van der Waals surface area contributed by atoms with E-state index < -0.39 is 11.9 Å². The normalized spacial score (nSPS) is 21.6. The van der Waals surface area contributed by atoms with Gasteiger partial charge in [-0.1, -0.05) is 0 Å². The van der Waals surface area contributed by atoms with E-state index in [1.165, 1.54) is 0 Å². The molecule has 0 aliphatic carbocycles.